The van der Waals surface area contributed by atoms with E-state index < -0.39 is 11.7 Å². The van der Waals surface area contributed by atoms with Gasteiger partial charge in [-0.05, 0) is 67.3 Å². The molecule has 1 aliphatic heterocycles. The van der Waals surface area contributed by atoms with Crippen molar-refractivity contribution < 1.29 is 13.2 Å². The van der Waals surface area contributed by atoms with E-state index in [2.05, 4.69) is 22.8 Å². The standard InChI is InChI=1S/C18H19F3N2/c19-18(20,21)15-6-8-16(9-7-15)23-17-5-1-3-13(11-17)14-4-2-10-22-12-14/h1,3,5-9,11,14,22-23H,2,4,10,12H2. The molecule has 1 heterocycles. The first-order chi connectivity index (χ1) is 11.0. The van der Waals surface area contributed by atoms with Crippen LogP contribution < -0.4 is 10.6 Å². The van der Waals surface area contributed by atoms with Crippen LogP contribution in [-0.2, 0) is 6.18 Å². The Kier molecular flexibility index (Phi) is 4.57. The molecule has 2 nitrogen and oxygen atoms in total. The average Bonchev–Trinajstić information content (AvgIpc) is 2.56. The molecule has 0 saturated carbocycles. The Morgan fingerprint density at radius 1 is 1.00 bits per heavy atom. The van der Waals surface area contributed by atoms with E-state index >= 15 is 0 Å². The van der Waals surface area contributed by atoms with Gasteiger partial charge in [-0.15, -0.1) is 0 Å². The first-order valence-electron chi connectivity index (χ1n) is 7.77. The van der Waals surface area contributed by atoms with E-state index in [-0.39, 0.29) is 0 Å². The monoisotopic (exact) mass is 320 g/mol. The van der Waals surface area contributed by atoms with Gasteiger partial charge in [-0.2, -0.15) is 13.2 Å². The van der Waals surface area contributed by atoms with E-state index in [1.165, 1.54) is 24.1 Å². The summed E-state index contributed by atoms with van der Waals surface area (Å²) in [5, 5.41) is 6.57. The maximum atomic E-state index is 12.6. The van der Waals surface area contributed by atoms with E-state index in [1.54, 1.807) is 0 Å². The predicted molar refractivity (Wildman–Crippen MR) is 86.0 cm³/mol. The second-order valence-electron chi connectivity index (χ2n) is 5.87. The molecule has 0 radical (unpaired) electrons. The van der Waals surface area contributed by atoms with Crippen LogP contribution in [0.5, 0.6) is 0 Å². The lowest BCUT2D eigenvalue weighted by Crippen LogP contribution is -2.28. The zero-order valence-electron chi connectivity index (χ0n) is 12.7. The fourth-order valence-electron chi connectivity index (χ4n) is 2.92. The molecule has 2 N–H and O–H groups in total. The molecule has 23 heavy (non-hydrogen) atoms. The van der Waals surface area contributed by atoms with Crippen molar-refractivity contribution >= 4 is 11.4 Å². The number of halogens is 3. The number of rotatable bonds is 3. The highest BCUT2D eigenvalue weighted by molar-refractivity contribution is 5.60. The average molecular weight is 320 g/mol. The minimum atomic E-state index is -4.30. The molecule has 1 atom stereocenters. The van der Waals surface area contributed by atoms with Crippen LogP contribution in [0.3, 0.4) is 0 Å². The molecule has 2 aromatic carbocycles. The maximum absolute atomic E-state index is 12.6. The van der Waals surface area contributed by atoms with E-state index in [4.69, 9.17) is 0 Å². The van der Waals surface area contributed by atoms with Gasteiger partial charge >= 0.3 is 6.18 Å². The van der Waals surface area contributed by atoms with Gasteiger partial charge < -0.3 is 10.6 Å². The van der Waals surface area contributed by atoms with Gasteiger partial charge in [0, 0.05) is 17.9 Å². The lowest BCUT2D eigenvalue weighted by atomic mass is 9.91. The van der Waals surface area contributed by atoms with Crippen LogP contribution in [0.4, 0.5) is 24.5 Å². The van der Waals surface area contributed by atoms with Crippen molar-refractivity contribution in [2.24, 2.45) is 0 Å². The molecule has 122 valence electrons. The van der Waals surface area contributed by atoms with Gasteiger partial charge in [-0.1, -0.05) is 12.1 Å². The van der Waals surface area contributed by atoms with Crippen LogP contribution in [0.25, 0.3) is 0 Å². The van der Waals surface area contributed by atoms with E-state index in [9.17, 15) is 13.2 Å². The lowest BCUT2D eigenvalue weighted by Gasteiger charge is -2.23. The lowest BCUT2D eigenvalue weighted by molar-refractivity contribution is -0.137. The predicted octanol–water partition coefficient (Wildman–Crippen LogP) is 4.92. The molecule has 1 aliphatic rings. The molecule has 0 spiro atoms. The fraction of sp³-hybridized carbons (Fsp3) is 0.333. The van der Waals surface area contributed by atoms with Gasteiger partial charge in [0.15, 0.2) is 0 Å². The fourth-order valence-corrected chi connectivity index (χ4v) is 2.92. The third kappa shape index (κ3) is 4.05. The molecular weight excluding hydrogens is 301 g/mol. The van der Waals surface area contributed by atoms with E-state index in [0.29, 0.717) is 11.6 Å². The van der Waals surface area contributed by atoms with Crippen LogP contribution in [-0.4, -0.2) is 13.1 Å². The maximum Gasteiger partial charge on any atom is 0.416 e. The summed E-state index contributed by atoms with van der Waals surface area (Å²) < 4.78 is 37.7. The Morgan fingerprint density at radius 3 is 2.43 bits per heavy atom. The van der Waals surface area contributed by atoms with Crippen molar-refractivity contribution in [2.75, 3.05) is 18.4 Å². The number of hydrogen-bond donors (Lipinski definition) is 2. The van der Waals surface area contributed by atoms with Crippen molar-refractivity contribution in [2.45, 2.75) is 24.9 Å². The number of piperidine rings is 1. The largest absolute Gasteiger partial charge is 0.416 e. The SMILES string of the molecule is FC(F)(F)c1ccc(Nc2cccc(C3CCCNC3)c2)cc1. The molecule has 5 heteroatoms. The summed E-state index contributed by atoms with van der Waals surface area (Å²) in [4.78, 5) is 0. The van der Waals surface area contributed by atoms with Crippen molar-refractivity contribution in [3.05, 3.63) is 59.7 Å². The summed E-state index contributed by atoms with van der Waals surface area (Å²) in [5.41, 5.74) is 2.17. The van der Waals surface area contributed by atoms with Gasteiger partial charge in [0.05, 0.1) is 5.56 Å². The van der Waals surface area contributed by atoms with Gasteiger partial charge in [-0.25, -0.2) is 0 Å². The third-order valence-electron chi connectivity index (χ3n) is 4.16. The van der Waals surface area contributed by atoms with Crippen molar-refractivity contribution in [1.29, 1.82) is 0 Å². The molecule has 2 aromatic rings. The summed E-state index contributed by atoms with van der Waals surface area (Å²) >= 11 is 0. The molecule has 0 amide bonds. The quantitative estimate of drug-likeness (QED) is 0.839. The highest BCUT2D eigenvalue weighted by atomic mass is 19.4. The smallest absolute Gasteiger partial charge is 0.356 e. The van der Waals surface area contributed by atoms with Crippen LogP contribution in [0, 0.1) is 0 Å². The number of hydrogen-bond acceptors (Lipinski definition) is 2. The normalized spacial score (nSPS) is 18.7. The molecule has 1 unspecified atom stereocenters. The summed E-state index contributed by atoms with van der Waals surface area (Å²) in [7, 11) is 0. The van der Waals surface area contributed by atoms with Crippen molar-refractivity contribution in [3.8, 4) is 0 Å². The van der Waals surface area contributed by atoms with Gasteiger partial charge in [0.25, 0.3) is 0 Å². The molecule has 3 rings (SSSR count). The highest BCUT2D eigenvalue weighted by Crippen LogP contribution is 2.31. The Bertz CT molecular complexity index is 644. The van der Waals surface area contributed by atoms with Crippen LogP contribution in [0.15, 0.2) is 48.5 Å². The van der Waals surface area contributed by atoms with Gasteiger partial charge in [0.2, 0.25) is 0 Å². The topological polar surface area (TPSA) is 24.1 Å². The van der Waals surface area contributed by atoms with Crippen LogP contribution in [0.2, 0.25) is 0 Å². The number of nitrogens with one attached hydrogen (secondary N) is 2. The molecule has 0 aliphatic carbocycles. The second kappa shape index (κ2) is 6.62. The zero-order valence-corrected chi connectivity index (χ0v) is 12.7. The summed E-state index contributed by atoms with van der Waals surface area (Å²) in [6.45, 7) is 2.05. The molecule has 0 bridgehead atoms. The van der Waals surface area contributed by atoms with Crippen molar-refractivity contribution in [1.82, 2.24) is 5.32 Å². The molecule has 1 fully saturated rings. The number of benzene rings is 2. The second-order valence-corrected chi connectivity index (χ2v) is 5.87. The Labute approximate surface area is 133 Å². The Morgan fingerprint density at radius 2 is 1.78 bits per heavy atom. The van der Waals surface area contributed by atoms with Crippen LogP contribution in [0.1, 0.15) is 29.9 Å². The first-order valence-corrected chi connectivity index (χ1v) is 7.77. The highest BCUT2D eigenvalue weighted by Gasteiger charge is 2.29. The minimum Gasteiger partial charge on any atom is -0.356 e. The van der Waals surface area contributed by atoms with Gasteiger partial charge in [0.1, 0.15) is 0 Å². The zero-order chi connectivity index (χ0) is 16.3. The van der Waals surface area contributed by atoms with E-state index in [1.807, 2.05) is 12.1 Å². The summed E-state index contributed by atoms with van der Waals surface area (Å²) in [6.07, 6.45) is -1.97. The number of alkyl halides is 3. The third-order valence-corrected chi connectivity index (χ3v) is 4.16. The summed E-state index contributed by atoms with van der Waals surface area (Å²) in [6, 6.07) is 13.2. The number of anilines is 2. The molecule has 1 saturated heterocycles. The molecule has 0 aromatic heterocycles. The van der Waals surface area contributed by atoms with Crippen molar-refractivity contribution in [3.63, 3.8) is 0 Å². The Hall–Kier alpha value is -2.01. The Balaban J connectivity index is 1.72. The summed E-state index contributed by atoms with van der Waals surface area (Å²) in [5.74, 6) is 0.498. The van der Waals surface area contributed by atoms with Crippen LogP contribution >= 0.6 is 0 Å². The van der Waals surface area contributed by atoms with E-state index in [0.717, 1.165) is 37.3 Å². The first kappa shape index (κ1) is 15.9. The van der Waals surface area contributed by atoms with Gasteiger partial charge in [-0.3, -0.25) is 0 Å². The molecular formula is C18H19F3N2. The minimum absolute atomic E-state index is 0.498.